The van der Waals surface area contributed by atoms with Crippen molar-refractivity contribution in [3.05, 3.63) is 40.6 Å². The number of carbonyl (C=O) groups excluding carboxylic acids is 1. The van der Waals surface area contributed by atoms with Gasteiger partial charge in [0.1, 0.15) is 4.90 Å². The number of amides is 1. The summed E-state index contributed by atoms with van der Waals surface area (Å²) in [5.74, 6) is 0.431. The smallest absolute Gasteiger partial charge is 0.251 e. The Morgan fingerprint density at radius 1 is 1.00 bits per heavy atom. The Kier molecular flexibility index (Phi) is 9.45. The highest BCUT2D eigenvalue weighted by Gasteiger charge is 2.32. The highest BCUT2D eigenvalue weighted by atomic mass is 32.2. The number of hydrogen-bond acceptors (Lipinski definition) is 4. The van der Waals surface area contributed by atoms with E-state index in [1.165, 1.54) is 19.3 Å². The summed E-state index contributed by atoms with van der Waals surface area (Å²) >= 11 is 0. The molecule has 3 rings (SSSR count). The molecule has 1 amide bonds. The molecule has 1 fully saturated rings. The number of sulfonamides is 1. The predicted octanol–water partition coefficient (Wildman–Crippen LogP) is 5.58. The molecule has 0 unspecified atom stereocenters. The van der Waals surface area contributed by atoms with Crippen LogP contribution in [0.1, 0.15) is 101 Å². The van der Waals surface area contributed by atoms with Gasteiger partial charge in [0.05, 0.1) is 0 Å². The Labute approximate surface area is 236 Å². The Morgan fingerprint density at radius 2 is 1.54 bits per heavy atom. The topological polar surface area (TPSA) is 97.4 Å². The zero-order valence-electron chi connectivity index (χ0n) is 25.6. The van der Waals surface area contributed by atoms with Gasteiger partial charge < -0.3 is 14.8 Å². The lowest BCUT2D eigenvalue weighted by atomic mass is 9.74. The van der Waals surface area contributed by atoms with E-state index in [-0.39, 0.29) is 21.6 Å². The van der Waals surface area contributed by atoms with E-state index in [2.05, 4.69) is 63.6 Å². The molecule has 0 aliphatic heterocycles. The molecule has 1 heterocycles. The number of nitrogens with zero attached hydrogens (tertiary/aromatic N) is 2. The molecule has 218 valence electrons. The van der Waals surface area contributed by atoms with Gasteiger partial charge in [-0.3, -0.25) is 4.79 Å². The predicted molar refractivity (Wildman–Crippen MR) is 161 cm³/mol. The summed E-state index contributed by atoms with van der Waals surface area (Å²) in [5.41, 5.74) is 4.43. The number of nitrogens with two attached hydrogens (primary N) is 1. The van der Waals surface area contributed by atoms with Gasteiger partial charge in [-0.2, -0.15) is 0 Å². The summed E-state index contributed by atoms with van der Waals surface area (Å²) in [7, 11) is 0.0879. The van der Waals surface area contributed by atoms with E-state index >= 15 is 0 Å². The SMILES string of the molecule is Cc1c(S(N)(=O)=O)cc(-c2cc(C(C)(C)C)c(C(=O)NCCN(C)C)c(C(C)(C)C)c2)n1CC1CCCCC1. The summed E-state index contributed by atoms with van der Waals surface area (Å²) < 4.78 is 27.3. The van der Waals surface area contributed by atoms with Crippen LogP contribution in [0.3, 0.4) is 0 Å². The number of primary sulfonamides is 1. The van der Waals surface area contributed by atoms with Gasteiger partial charge in [-0.05, 0) is 85.5 Å². The van der Waals surface area contributed by atoms with Crippen LogP contribution >= 0.6 is 0 Å². The number of hydrogen-bond donors (Lipinski definition) is 2. The molecule has 1 aliphatic carbocycles. The van der Waals surface area contributed by atoms with Crippen molar-refractivity contribution in [2.24, 2.45) is 11.1 Å². The van der Waals surface area contributed by atoms with Gasteiger partial charge in [-0.15, -0.1) is 0 Å². The second kappa shape index (κ2) is 11.8. The molecule has 0 spiro atoms. The first-order chi connectivity index (χ1) is 17.9. The van der Waals surface area contributed by atoms with Crippen molar-refractivity contribution in [3.8, 4) is 11.3 Å². The van der Waals surface area contributed by atoms with Crippen LogP contribution in [0, 0.1) is 12.8 Å². The van der Waals surface area contributed by atoms with Crippen molar-refractivity contribution < 1.29 is 13.2 Å². The van der Waals surface area contributed by atoms with Crippen LogP contribution in [0.4, 0.5) is 0 Å². The number of likely N-dealkylation sites (N-methyl/N-ethyl adjacent to an activating group) is 1. The van der Waals surface area contributed by atoms with Crippen molar-refractivity contribution in [3.63, 3.8) is 0 Å². The number of aromatic nitrogens is 1. The maximum absolute atomic E-state index is 13.7. The van der Waals surface area contributed by atoms with Crippen molar-refractivity contribution >= 4 is 15.9 Å². The molecule has 0 radical (unpaired) electrons. The molecule has 1 aliphatic rings. The van der Waals surface area contributed by atoms with E-state index in [1.807, 2.05) is 25.9 Å². The van der Waals surface area contributed by atoms with Gasteiger partial charge in [0, 0.05) is 36.6 Å². The Balaban J connectivity index is 2.27. The van der Waals surface area contributed by atoms with E-state index < -0.39 is 10.0 Å². The number of carbonyl (C=O) groups is 1. The molecular weight excluding hydrogens is 508 g/mol. The first kappa shape index (κ1) is 31.4. The van der Waals surface area contributed by atoms with E-state index in [9.17, 15) is 13.2 Å². The zero-order valence-corrected chi connectivity index (χ0v) is 26.4. The average Bonchev–Trinajstić information content (AvgIpc) is 3.14. The lowest BCUT2D eigenvalue weighted by Gasteiger charge is -2.31. The van der Waals surface area contributed by atoms with Crippen LogP contribution in [-0.4, -0.2) is 51.0 Å². The quantitative estimate of drug-likeness (QED) is 0.442. The van der Waals surface area contributed by atoms with Crippen LogP contribution in [0.25, 0.3) is 11.3 Å². The van der Waals surface area contributed by atoms with Gasteiger partial charge in [0.25, 0.3) is 5.91 Å². The van der Waals surface area contributed by atoms with Gasteiger partial charge >= 0.3 is 0 Å². The standard InChI is InChI=1S/C31H50N4O3S/c1-21-27(39(32,37)38)19-26(35(21)20-22-13-11-10-12-14-22)23-17-24(30(2,3)4)28(25(18-23)31(5,6)7)29(36)33-15-16-34(8)9/h17-19,22H,10-16,20H2,1-9H3,(H,33,36)(H2,32,37,38). The summed E-state index contributed by atoms with van der Waals surface area (Å²) in [6.07, 6.45) is 5.98. The fourth-order valence-corrected chi connectivity index (χ4v) is 6.51. The van der Waals surface area contributed by atoms with E-state index in [1.54, 1.807) is 6.07 Å². The van der Waals surface area contributed by atoms with Gasteiger partial charge in [0.2, 0.25) is 10.0 Å². The fraction of sp³-hybridized carbons (Fsp3) is 0.645. The molecule has 7 nitrogen and oxygen atoms in total. The van der Waals surface area contributed by atoms with Crippen molar-refractivity contribution in [1.82, 2.24) is 14.8 Å². The minimum Gasteiger partial charge on any atom is -0.351 e. The van der Waals surface area contributed by atoms with Crippen LogP contribution in [-0.2, 0) is 27.4 Å². The molecule has 0 saturated heterocycles. The molecule has 39 heavy (non-hydrogen) atoms. The Bertz CT molecular complexity index is 1250. The third kappa shape index (κ3) is 7.53. The Morgan fingerprint density at radius 3 is 2.00 bits per heavy atom. The van der Waals surface area contributed by atoms with Crippen molar-refractivity contribution in [2.75, 3.05) is 27.2 Å². The molecule has 8 heteroatoms. The lowest BCUT2D eigenvalue weighted by molar-refractivity contribution is 0.0946. The van der Waals surface area contributed by atoms with E-state index in [0.29, 0.717) is 23.7 Å². The number of nitrogens with one attached hydrogen (secondary N) is 1. The number of benzene rings is 1. The van der Waals surface area contributed by atoms with Crippen LogP contribution in [0.5, 0.6) is 0 Å². The zero-order chi connectivity index (χ0) is 29.3. The van der Waals surface area contributed by atoms with Crippen molar-refractivity contribution in [1.29, 1.82) is 0 Å². The maximum atomic E-state index is 13.7. The minimum atomic E-state index is -3.89. The third-order valence-electron chi connectivity index (χ3n) is 7.91. The highest BCUT2D eigenvalue weighted by molar-refractivity contribution is 7.89. The highest BCUT2D eigenvalue weighted by Crippen LogP contribution is 2.40. The maximum Gasteiger partial charge on any atom is 0.251 e. The summed E-state index contributed by atoms with van der Waals surface area (Å²) in [6.45, 7) is 16.7. The summed E-state index contributed by atoms with van der Waals surface area (Å²) in [5, 5.41) is 8.82. The molecule has 2 aromatic rings. The number of rotatable bonds is 8. The summed E-state index contributed by atoms with van der Waals surface area (Å²) in [6, 6.07) is 5.92. The van der Waals surface area contributed by atoms with Crippen molar-refractivity contribution in [2.45, 2.75) is 103 Å². The first-order valence-corrected chi connectivity index (χ1v) is 15.8. The van der Waals surface area contributed by atoms with Gasteiger partial charge in [-0.1, -0.05) is 60.8 Å². The molecular formula is C31H50N4O3S. The Hall–Kier alpha value is -2.16. The monoisotopic (exact) mass is 558 g/mol. The normalized spacial score (nSPS) is 15.7. The van der Waals surface area contributed by atoms with Crippen LogP contribution in [0.15, 0.2) is 23.1 Å². The minimum absolute atomic E-state index is 0.0720. The second-order valence-corrected chi connectivity index (χ2v) is 15.2. The molecule has 1 aromatic carbocycles. The fourth-order valence-electron chi connectivity index (χ4n) is 5.71. The lowest BCUT2D eigenvalue weighted by Crippen LogP contribution is -2.35. The van der Waals surface area contributed by atoms with E-state index in [0.717, 1.165) is 48.3 Å². The van der Waals surface area contributed by atoms with E-state index in [4.69, 9.17) is 5.14 Å². The van der Waals surface area contributed by atoms with Gasteiger partial charge in [-0.25, -0.2) is 13.6 Å². The third-order valence-corrected chi connectivity index (χ3v) is 8.94. The molecule has 3 N–H and O–H groups in total. The summed E-state index contributed by atoms with van der Waals surface area (Å²) in [4.78, 5) is 15.9. The van der Waals surface area contributed by atoms with Gasteiger partial charge in [0.15, 0.2) is 0 Å². The van der Waals surface area contributed by atoms with Crippen LogP contribution < -0.4 is 10.5 Å². The first-order valence-electron chi connectivity index (χ1n) is 14.3. The molecule has 1 saturated carbocycles. The molecule has 0 atom stereocenters. The molecule has 0 bridgehead atoms. The molecule has 1 aromatic heterocycles. The van der Waals surface area contributed by atoms with Crippen LogP contribution in [0.2, 0.25) is 0 Å². The largest absolute Gasteiger partial charge is 0.351 e. The average molecular weight is 559 g/mol. The second-order valence-electron chi connectivity index (χ2n) is 13.6.